The molecule has 0 saturated carbocycles. The SMILES string of the molecule is COC=C(C(=O)OC)c1ccccc1C=C(F)c1csc(C(F)(F)F)n1. The second-order valence-electron chi connectivity index (χ2n) is 4.87. The predicted octanol–water partition coefficient (Wildman–Crippen LogP) is 4.79. The maximum Gasteiger partial charge on any atom is 0.443 e. The number of rotatable bonds is 5. The number of hydrogen-bond donors (Lipinski definition) is 0. The van der Waals surface area contributed by atoms with Crippen molar-refractivity contribution < 1.29 is 31.8 Å². The molecule has 2 rings (SSSR count). The summed E-state index contributed by atoms with van der Waals surface area (Å²) in [5.41, 5.74) is 0.138. The standard InChI is InChI=1S/C17H13F4NO3S/c1-24-8-12(15(23)25-2)11-6-4-3-5-10(11)7-13(18)14-9-26-16(22-14)17(19,20)21/h3-9H,1-2H3. The third-order valence-electron chi connectivity index (χ3n) is 3.17. The van der Waals surface area contributed by atoms with Crippen LogP contribution in [-0.4, -0.2) is 25.2 Å². The smallest absolute Gasteiger partial charge is 0.443 e. The molecule has 26 heavy (non-hydrogen) atoms. The first-order valence-corrected chi connectivity index (χ1v) is 7.97. The van der Waals surface area contributed by atoms with Crippen molar-refractivity contribution in [3.05, 3.63) is 57.7 Å². The molecule has 0 aliphatic heterocycles. The first kappa shape index (κ1) is 19.6. The van der Waals surface area contributed by atoms with Crippen molar-refractivity contribution in [3.8, 4) is 0 Å². The van der Waals surface area contributed by atoms with Crippen LogP contribution >= 0.6 is 11.3 Å². The molecule has 0 unspecified atom stereocenters. The highest BCUT2D eigenvalue weighted by molar-refractivity contribution is 7.09. The Morgan fingerprint density at radius 3 is 2.50 bits per heavy atom. The molecule has 2 aromatic rings. The van der Waals surface area contributed by atoms with Gasteiger partial charge in [-0.2, -0.15) is 13.2 Å². The number of carbonyl (C=O) groups is 1. The van der Waals surface area contributed by atoms with Crippen molar-refractivity contribution in [1.29, 1.82) is 0 Å². The van der Waals surface area contributed by atoms with Crippen LogP contribution in [0.25, 0.3) is 17.5 Å². The molecule has 4 nitrogen and oxygen atoms in total. The predicted molar refractivity (Wildman–Crippen MR) is 89.5 cm³/mol. The highest BCUT2D eigenvalue weighted by Crippen LogP contribution is 2.34. The lowest BCUT2D eigenvalue weighted by molar-refractivity contribution is -0.137. The van der Waals surface area contributed by atoms with Crippen LogP contribution < -0.4 is 0 Å². The van der Waals surface area contributed by atoms with E-state index in [2.05, 4.69) is 9.72 Å². The van der Waals surface area contributed by atoms with Gasteiger partial charge in [-0.05, 0) is 17.2 Å². The molecule has 0 aliphatic rings. The largest absolute Gasteiger partial charge is 0.503 e. The Hall–Kier alpha value is -2.68. The first-order valence-electron chi connectivity index (χ1n) is 7.09. The van der Waals surface area contributed by atoms with Gasteiger partial charge in [0.15, 0.2) is 5.01 Å². The van der Waals surface area contributed by atoms with Crippen LogP contribution in [-0.2, 0) is 20.4 Å². The van der Waals surface area contributed by atoms with Gasteiger partial charge in [0, 0.05) is 5.38 Å². The lowest BCUT2D eigenvalue weighted by atomic mass is 10.00. The number of hydrogen-bond acceptors (Lipinski definition) is 5. The van der Waals surface area contributed by atoms with Crippen LogP contribution in [0.1, 0.15) is 21.8 Å². The van der Waals surface area contributed by atoms with Crippen molar-refractivity contribution in [2.45, 2.75) is 6.18 Å². The zero-order chi connectivity index (χ0) is 19.3. The number of methoxy groups -OCH3 is 2. The third-order valence-corrected chi connectivity index (χ3v) is 4.05. The fourth-order valence-corrected chi connectivity index (χ4v) is 2.71. The first-order chi connectivity index (χ1) is 12.3. The number of ether oxygens (including phenoxy) is 2. The highest BCUT2D eigenvalue weighted by Gasteiger charge is 2.34. The Labute approximate surface area is 150 Å². The second kappa shape index (κ2) is 8.13. The molecule has 9 heteroatoms. The Balaban J connectivity index is 2.46. The second-order valence-corrected chi connectivity index (χ2v) is 5.73. The Morgan fingerprint density at radius 1 is 1.23 bits per heavy atom. The summed E-state index contributed by atoms with van der Waals surface area (Å²) < 4.78 is 61.7. The van der Waals surface area contributed by atoms with Crippen LogP contribution in [0.2, 0.25) is 0 Å². The van der Waals surface area contributed by atoms with Crippen molar-refractivity contribution in [2.75, 3.05) is 14.2 Å². The van der Waals surface area contributed by atoms with E-state index in [4.69, 9.17) is 4.74 Å². The van der Waals surface area contributed by atoms with Gasteiger partial charge in [-0.1, -0.05) is 24.3 Å². The van der Waals surface area contributed by atoms with Crippen LogP contribution in [0.3, 0.4) is 0 Å². The van der Waals surface area contributed by atoms with Gasteiger partial charge in [0.25, 0.3) is 0 Å². The molecule has 0 fully saturated rings. The van der Waals surface area contributed by atoms with Crippen molar-refractivity contribution in [2.24, 2.45) is 0 Å². The molecule has 0 aliphatic carbocycles. The van der Waals surface area contributed by atoms with Gasteiger partial charge < -0.3 is 9.47 Å². The summed E-state index contributed by atoms with van der Waals surface area (Å²) in [6.07, 6.45) is -2.50. The van der Waals surface area contributed by atoms with E-state index in [1.165, 1.54) is 26.4 Å². The average Bonchev–Trinajstić information content (AvgIpc) is 3.10. The molecule has 0 amide bonds. The Kier molecular flexibility index (Phi) is 6.14. The molecule has 0 radical (unpaired) electrons. The van der Waals surface area contributed by atoms with Crippen LogP contribution in [0.15, 0.2) is 35.9 Å². The quantitative estimate of drug-likeness (QED) is 0.320. The van der Waals surface area contributed by atoms with Crippen LogP contribution in [0, 0.1) is 0 Å². The van der Waals surface area contributed by atoms with E-state index in [1.807, 2.05) is 0 Å². The van der Waals surface area contributed by atoms with Gasteiger partial charge >= 0.3 is 12.1 Å². The maximum absolute atomic E-state index is 14.4. The molecule has 1 aromatic carbocycles. The summed E-state index contributed by atoms with van der Waals surface area (Å²) in [5.74, 6) is -1.67. The molecule has 0 bridgehead atoms. The summed E-state index contributed by atoms with van der Waals surface area (Å²) in [7, 11) is 2.51. The Morgan fingerprint density at radius 2 is 1.92 bits per heavy atom. The molecule has 0 spiro atoms. The fraction of sp³-hybridized carbons (Fsp3) is 0.176. The zero-order valence-corrected chi connectivity index (χ0v) is 14.5. The molecular formula is C17H13F4NO3S. The summed E-state index contributed by atoms with van der Waals surface area (Å²) in [6, 6.07) is 6.23. The monoisotopic (exact) mass is 387 g/mol. The van der Waals surface area contributed by atoms with Crippen LogP contribution in [0.5, 0.6) is 0 Å². The summed E-state index contributed by atoms with van der Waals surface area (Å²) in [4.78, 5) is 15.2. The van der Waals surface area contributed by atoms with E-state index < -0.39 is 28.7 Å². The molecule has 0 N–H and O–H groups in total. The van der Waals surface area contributed by atoms with Gasteiger partial charge in [-0.25, -0.2) is 14.2 Å². The number of benzene rings is 1. The zero-order valence-electron chi connectivity index (χ0n) is 13.6. The number of aromatic nitrogens is 1. The maximum atomic E-state index is 14.4. The van der Waals surface area contributed by atoms with Crippen molar-refractivity contribution in [3.63, 3.8) is 0 Å². The molecular weight excluding hydrogens is 374 g/mol. The summed E-state index contributed by atoms with van der Waals surface area (Å²) >= 11 is 0.300. The highest BCUT2D eigenvalue weighted by atomic mass is 32.1. The number of thiazole rings is 1. The van der Waals surface area contributed by atoms with Gasteiger partial charge in [0.05, 0.1) is 20.5 Å². The lowest BCUT2D eigenvalue weighted by Crippen LogP contribution is -2.06. The number of alkyl halides is 3. The van der Waals surface area contributed by atoms with Crippen molar-refractivity contribution in [1.82, 2.24) is 4.98 Å². The average molecular weight is 387 g/mol. The molecule has 138 valence electrons. The van der Waals surface area contributed by atoms with E-state index in [-0.39, 0.29) is 11.1 Å². The van der Waals surface area contributed by atoms with E-state index >= 15 is 0 Å². The van der Waals surface area contributed by atoms with Crippen molar-refractivity contribution >= 4 is 34.8 Å². The molecule has 1 heterocycles. The van der Waals surface area contributed by atoms with Crippen LogP contribution in [0.4, 0.5) is 17.6 Å². The van der Waals surface area contributed by atoms with Gasteiger partial charge in [0.2, 0.25) is 0 Å². The minimum Gasteiger partial charge on any atom is -0.503 e. The van der Waals surface area contributed by atoms with E-state index in [0.29, 0.717) is 16.9 Å². The van der Waals surface area contributed by atoms with E-state index in [0.717, 1.165) is 17.7 Å². The molecule has 0 atom stereocenters. The number of esters is 1. The lowest BCUT2D eigenvalue weighted by Gasteiger charge is -2.09. The summed E-state index contributed by atoms with van der Waals surface area (Å²) in [5, 5.41) is -0.164. The fourth-order valence-electron chi connectivity index (χ4n) is 2.04. The van der Waals surface area contributed by atoms with E-state index in [1.54, 1.807) is 12.1 Å². The topological polar surface area (TPSA) is 48.4 Å². The van der Waals surface area contributed by atoms with Gasteiger partial charge in [-0.3, -0.25) is 0 Å². The van der Waals surface area contributed by atoms with E-state index in [9.17, 15) is 22.4 Å². The number of halogens is 4. The third kappa shape index (κ3) is 4.48. The minimum absolute atomic E-state index is 0.0314. The minimum atomic E-state index is -4.64. The van der Waals surface area contributed by atoms with Gasteiger partial charge in [0.1, 0.15) is 17.1 Å². The Bertz CT molecular complexity index is 856. The molecule has 1 aromatic heterocycles. The summed E-state index contributed by atoms with van der Waals surface area (Å²) in [6.45, 7) is 0. The normalized spacial score (nSPS) is 12.8. The number of nitrogens with zero attached hydrogens (tertiary/aromatic N) is 1. The number of carbonyl (C=O) groups excluding carboxylic acids is 1. The molecule has 0 saturated heterocycles. The van der Waals surface area contributed by atoms with Gasteiger partial charge in [-0.15, -0.1) is 11.3 Å².